The monoisotopic (exact) mass is 320 g/mol. The lowest BCUT2D eigenvalue weighted by atomic mass is 10.2. The topological polar surface area (TPSA) is 43.3 Å². The van der Waals surface area contributed by atoms with Gasteiger partial charge in [-0.25, -0.2) is 0 Å². The lowest BCUT2D eigenvalue weighted by Gasteiger charge is -2.38. The number of nitrogens with zero attached hydrogens (tertiary/aromatic N) is 2. The van der Waals surface area contributed by atoms with Gasteiger partial charge in [-0.05, 0) is 12.0 Å². The maximum absolute atomic E-state index is 6.01. The standard InChI is InChI=1S/C16H24N2O3Si/c1-2-5-16(6-3-1)15-17-7-4-14-22-19-11-8-18(9-12-20-22)10-13-21-22/h1-3,5-6,15H,4,7-14H2. The minimum atomic E-state index is -2.46. The van der Waals surface area contributed by atoms with Gasteiger partial charge in [0, 0.05) is 38.4 Å². The summed E-state index contributed by atoms with van der Waals surface area (Å²) in [5.74, 6) is 0. The van der Waals surface area contributed by atoms with Crippen molar-refractivity contribution in [1.82, 2.24) is 4.90 Å². The fourth-order valence-corrected chi connectivity index (χ4v) is 5.24. The first-order valence-corrected chi connectivity index (χ1v) is 9.99. The minimum absolute atomic E-state index is 0.722. The van der Waals surface area contributed by atoms with E-state index < -0.39 is 8.80 Å². The number of hydrogen-bond acceptors (Lipinski definition) is 5. The van der Waals surface area contributed by atoms with Crippen molar-refractivity contribution >= 4 is 15.0 Å². The fraction of sp³-hybridized carbons (Fsp3) is 0.562. The highest BCUT2D eigenvalue weighted by molar-refractivity contribution is 6.60. The second kappa shape index (κ2) is 7.98. The Balaban J connectivity index is 1.48. The first-order valence-electron chi connectivity index (χ1n) is 8.05. The first-order chi connectivity index (χ1) is 10.9. The molecule has 1 aromatic carbocycles. The molecule has 1 aromatic rings. The Morgan fingerprint density at radius 3 is 2.27 bits per heavy atom. The quantitative estimate of drug-likeness (QED) is 0.471. The van der Waals surface area contributed by atoms with Gasteiger partial charge < -0.3 is 13.3 Å². The van der Waals surface area contributed by atoms with Crippen LogP contribution in [0.4, 0.5) is 0 Å². The second-order valence-corrected chi connectivity index (χ2v) is 8.35. The molecule has 3 aliphatic heterocycles. The van der Waals surface area contributed by atoms with E-state index in [0.717, 1.165) is 64.0 Å². The Labute approximate surface area is 133 Å². The Kier molecular flexibility index (Phi) is 5.74. The molecule has 4 rings (SSSR count). The SMILES string of the molecule is C(=NCCC[Si]12OCCN(CCO1)CCO2)c1ccccc1. The van der Waals surface area contributed by atoms with Crippen LogP contribution in [0.1, 0.15) is 12.0 Å². The summed E-state index contributed by atoms with van der Waals surface area (Å²) in [7, 11) is -2.46. The average Bonchev–Trinajstić information content (AvgIpc) is 2.48. The van der Waals surface area contributed by atoms with Gasteiger partial charge in [0.25, 0.3) is 0 Å². The predicted molar refractivity (Wildman–Crippen MR) is 88.4 cm³/mol. The Morgan fingerprint density at radius 2 is 1.64 bits per heavy atom. The molecule has 3 saturated heterocycles. The molecule has 0 atom stereocenters. The molecule has 5 nitrogen and oxygen atoms in total. The van der Waals surface area contributed by atoms with Gasteiger partial charge in [-0.15, -0.1) is 0 Å². The largest absolute Gasteiger partial charge is 0.501 e. The summed E-state index contributed by atoms with van der Waals surface area (Å²) in [5, 5.41) is 0. The van der Waals surface area contributed by atoms with Crippen molar-refractivity contribution in [3.8, 4) is 0 Å². The van der Waals surface area contributed by atoms with Gasteiger partial charge in [-0.1, -0.05) is 30.3 Å². The molecule has 0 N–H and O–H groups in total. The summed E-state index contributed by atoms with van der Waals surface area (Å²) in [6, 6.07) is 11.0. The highest BCUT2D eigenvalue weighted by atomic mass is 28.4. The van der Waals surface area contributed by atoms with Crippen LogP contribution >= 0.6 is 0 Å². The second-order valence-electron chi connectivity index (χ2n) is 5.62. The first kappa shape index (κ1) is 15.8. The van der Waals surface area contributed by atoms with Crippen LogP contribution in [-0.2, 0) is 13.3 Å². The van der Waals surface area contributed by atoms with Gasteiger partial charge in [0.05, 0.1) is 19.8 Å². The van der Waals surface area contributed by atoms with Gasteiger partial charge in [-0.3, -0.25) is 9.89 Å². The number of aliphatic imine (C=N–C) groups is 1. The Morgan fingerprint density at radius 1 is 1.00 bits per heavy atom. The minimum Gasteiger partial charge on any atom is -0.372 e. The molecule has 0 amide bonds. The van der Waals surface area contributed by atoms with Gasteiger partial charge >= 0.3 is 8.80 Å². The number of benzene rings is 1. The summed E-state index contributed by atoms with van der Waals surface area (Å²) in [4.78, 5) is 6.83. The van der Waals surface area contributed by atoms with Crippen molar-refractivity contribution in [2.75, 3.05) is 46.0 Å². The van der Waals surface area contributed by atoms with E-state index in [1.807, 2.05) is 24.4 Å². The average molecular weight is 320 g/mol. The maximum atomic E-state index is 6.01. The molecule has 2 bridgehead atoms. The molecule has 0 unspecified atom stereocenters. The van der Waals surface area contributed by atoms with Crippen LogP contribution in [0, 0.1) is 0 Å². The normalized spacial score (nSPS) is 29.2. The molecule has 3 aliphatic rings. The van der Waals surface area contributed by atoms with E-state index in [1.165, 1.54) is 0 Å². The van der Waals surface area contributed by atoms with E-state index >= 15 is 0 Å². The van der Waals surface area contributed by atoms with Crippen LogP contribution in [0.3, 0.4) is 0 Å². The smallest absolute Gasteiger partial charge is 0.372 e. The van der Waals surface area contributed by atoms with E-state index in [0.29, 0.717) is 0 Å². The molecule has 0 aliphatic carbocycles. The van der Waals surface area contributed by atoms with E-state index in [1.54, 1.807) is 0 Å². The molecular weight excluding hydrogens is 296 g/mol. The van der Waals surface area contributed by atoms with E-state index in [2.05, 4.69) is 22.0 Å². The van der Waals surface area contributed by atoms with E-state index in [-0.39, 0.29) is 0 Å². The predicted octanol–water partition coefficient (Wildman–Crippen LogP) is 1.81. The van der Waals surface area contributed by atoms with Crippen molar-refractivity contribution < 1.29 is 13.3 Å². The van der Waals surface area contributed by atoms with Crippen molar-refractivity contribution in [2.24, 2.45) is 4.99 Å². The molecule has 22 heavy (non-hydrogen) atoms. The number of hydrogen-bond donors (Lipinski definition) is 0. The van der Waals surface area contributed by atoms with Crippen LogP contribution in [0.5, 0.6) is 0 Å². The number of fused-ring (bicyclic) bond motifs is 6. The van der Waals surface area contributed by atoms with Crippen LogP contribution < -0.4 is 0 Å². The maximum Gasteiger partial charge on any atom is 0.501 e. The van der Waals surface area contributed by atoms with Crippen LogP contribution in [0.2, 0.25) is 6.04 Å². The third-order valence-corrected chi connectivity index (χ3v) is 6.90. The van der Waals surface area contributed by atoms with Crippen molar-refractivity contribution in [3.05, 3.63) is 35.9 Å². The Bertz CT molecular complexity index is 457. The van der Waals surface area contributed by atoms with Crippen molar-refractivity contribution in [2.45, 2.75) is 12.5 Å². The van der Waals surface area contributed by atoms with Gasteiger partial charge in [0.2, 0.25) is 0 Å². The zero-order chi connectivity index (χ0) is 15.1. The highest BCUT2D eigenvalue weighted by Gasteiger charge is 2.43. The lowest BCUT2D eigenvalue weighted by Crippen LogP contribution is -2.55. The summed E-state index contributed by atoms with van der Waals surface area (Å²) >= 11 is 0. The third kappa shape index (κ3) is 4.47. The van der Waals surface area contributed by atoms with Crippen LogP contribution in [0.15, 0.2) is 35.3 Å². The molecule has 120 valence electrons. The zero-order valence-electron chi connectivity index (χ0n) is 12.9. The van der Waals surface area contributed by atoms with E-state index in [9.17, 15) is 0 Å². The summed E-state index contributed by atoms with van der Waals surface area (Å²) in [6.07, 6.45) is 2.87. The van der Waals surface area contributed by atoms with Crippen molar-refractivity contribution in [3.63, 3.8) is 0 Å². The molecule has 0 spiro atoms. The molecule has 0 saturated carbocycles. The number of rotatable bonds is 5. The zero-order valence-corrected chi connectivity index (χ0v) is 13.9. The molecule has 3 heterocycles. The van der Waals surface area contributed by atoms with Gasteiger partial charge in [0.1, 0.15) is 0 Å². The summed E-state index contributed by atoms with van der Waals surface area (Å²) < 4.78 is 18.0. The van der Waals surface area contributed by atoms with Gasteiger partial charge in [0.15, 0.2) is 0 Å². The lowest BCUT2D eigenvalue weighted by molar-refractivity contribution is -0.00841. The molecule has 3 fully saturated rings. The summed E-state index contributed by atoms with van der Waals surface area (Å²) in [5.41, 5.74) is 1.14. The summed E-state index contributed by atoms with van der Waals surface area (Å²) in [6.45, 7) is 5.93. The van der Waals surface area contributed by atoms with Crippen LogP contribution in [-0.4, -0.2) is 65.9 Å². The van der Waals surface area contributed by atoms with E-state index in [4.69, 9.17) is 13.3 Å². The van der Waals surface area contributed by atoms with Crippen molar-refractivity contribution in [1.29, 1.82) is 0 Å². The Hall–Kier alpha value is -1.05. The third-order valence-electron chi connectivity index (χ3n) is 4.00. The molecule has 6 heteroatoms. The highest BCUT2D eigenvalue weighted by Crippen LogP contribution is 2.21. The fourth-order valence-electron chi connectivity index (χ4n) is 2.76. The molecule has 0 radical (unpaired) electrons. The van der Waals surface area contributed by atoms with Gasteiger partial charge in [-0.2, -0.15) is 0 Å². The molecular formula is C16H24N2O3Si. The molecule has 0 aromatic heterocycles. The van der Waals surface area contributed by atoms with Crippen LogP contribution in [0.25, 0.3) is 0 Å².